The van der Waals surface area contributed by atoms with Crippen molar-refractivity contribution in [3.05, 3.63) is 0 Å². The molecular weight excluding hydrogens is 260 g/mol. The summed E-state index contributed by atoms with van der Waals surface area (Å²) in [6, 6.07) is -0.107. The van der Waals surface area contributed by atoms with E-state index in [1.807, 2.05) is 27.7 Å². The average Bonchev–Trinajstić information content (AvgIpc) is 2.25. The van der Waals surface area contributed by atoms with Gasteiger partial charge in [-0.3, -0.25) is 14.7 Å². The molecule has 0 aromatic rings. The minimum atomic E-state index is -0.515. The summed E-state index contributed by atoms with van der Waals surface area (Å²) in [5.41, 5.74) is 4.62. The molecule has 0 saturated heterocycles. The first-order valence-electron chi connectivity index (χ1n) is 6.73. The summed E-state index contributed by atoms with van der Waals surface area (Å²) < 4.78 is 5.33. The molecule has 0 spiro atoms. The van der Waals surface area contributed by atoms with Gasteiger partial charge >= 0.3 is 6.09 Å². The van der Waals surface area contributed by atoms with E-state index in [0.717, 1.165) is 0 Å². The van der Waals surface area contributed by atoms with Gasteiger partial charge in [0.2, 0.25) is 5.91 Å². The van der Waals surface area contributed by atoms with Crippen LogP contribution in [0, 0.1) is 0 Å². The van der Waals surface area contributed by atoms with Gasteiger partial charge in [0.15, 0.2) is 0 Å². The molecule has 7 nitrogen and oxygen atoms in total. The minimum absolute atomic E-state index is 0.107. The van der Waals surface area contributed by atoms with E-state index in [1.54, 1.807) is 4.90 Å². The quantitative estimate of drug-likeness (QED) is 0.788. The molecule has 0 bridgehead atoms. The smallest absolute Gasteiger partial charge is 0.410 e. The van der Waals surface area contributed by atoms with E-state index in [1.165, 1.54) is 0 Å². The third kappa shape index (κ3) is 5.90. The summed E-state index contributed by atoms with van der Waals surface area (Å²) in [6.45, 7) is 8.75. The fraction of sp³-hybridized carbons (Fsp3) is 0.769. The molecule has 0 aromatic carbocycles. The third-order valence-corrected chi connectivity index (χ3v) is 2.59. The third-order valence-electron chi connectivity index (χ3n) is 2.59. The normalized spacial score (nSPS) is 17.2. The Morgan fingerprint density at radius 2 is 2.15 bits per heavy atom. The van der Waals surface area contributed by atoms with Crippen LogP contribution in [0.2, 0.25) is 0 Å². The van der Waals surface area contributed by atoms with Crippen LogP contribution in [0.25, 0.3) is 0 Å². The van der Waals surface area contributed by atoms with Crippen molar-refractivity contribution in [1.82, 2.24) is 10.2 Å². The van der Waals surface area contributed by atoms with Crippen LogP contribution in [0.15, 0.2) is 4.99 Å². The Hall–Kier alpha value is -1.79. The van der Waals surface area contributed by atoms with Gasteiger partial charge in [-0.25, -0.2) is 4.79 Å². The van der Waals surface area contributed by atoms with Gasteiger partial charge in [-0.05, 0) is 27.7 Å². The van der Waals surface area contributed by atoms with Crippen LogP contribution >= 0.6 is 0 Å². The Bertz CT molecular complexity index is 401. The fourth-order valence-electron chi connectivity index (χ4n) is 1.83. The van der Waals surface area contributed by atoms with Gasteiger partial charge in [-0.1, -0.05) is 0 Å². The lowest BCUT2D eigenvalue weighted by Gasteiger charge is -2.30. The molecule has 20 heavy (non-hydrogen) atoms. The van der Waals surface area contributed by atoms with E-state index in [4.69, 9.17) is 10.5 Å². The molecule has 7 heteroatoms. The maximum atomic E-state index is 12.0. The predicted octanol–water partition coefficient (Wildman–Crippen LogP) is 0.489. The Balaban J connectivity index is 2.51. The number of carbonyl (C=O) groups is 2. The van der Waals surface area contributed by atoms with Gasteiger partial charge in [-0.15, -0.1) is 0 Å². The summed E-state index contributed by atoms with van der Waals surface area (Å²) >= 11 is 0. The largest absolute Gasteiger partial charge is 0.444 e. The maximum Gasteiger partial charge on any atom is 0.410 e. The van der Waals surface area contributed by atoms with E-state index in [-0.39, 0.29) is 24.5 Å². The van der Waals surface area contributed by atoms with Crippen LogP contribution in [0.4, 0.5) is 4.79 Å². The molecule has 0 aromatic heterocycles. The number of primary amides is 1. The van der Waals surface area contributed by atoms with Crippen LogP contribution in [0.1, 0.15) is 34.1 Å². The number of nitrogens with one attached hydrogen (secondary N) is 1. The number of nitrogens with zero attached hydrogens (tertiary/aromatic N) is 2. The Labute approximate surface area is 119 Å². The first kappa shape index (κ1) is 16.3. The van der Waals surface area contributed by atoms with Crippen molar-refractivity contribution in [2.45, 2.75) is 45.8 Å². The van der Waals surface area contributed by atoms with Crippen molar-refractivity contribution in [2.75, 3.05) is 19.6 Å². The maximum absolute atomic E-state index is 12.0. The second-order valence-corrected chi connectivity index (χ2v) is 5.95. The molecule has 1 aliphatic rings. The highest BCUT2D eigenvalue weighted by molar-refractivity contribution is 5.88. The molecule has 0 aliphatic carbocycles. The number of aliphatic imine (C=N–C) groups is 1. The lowest BCUT2D eigenvalue weighted by Crippen LogP contribution is -2.49. The topological polar surface area (TPSA) is 97.0 Å². The lowest BCUT2D eigenvalue weighted by molar-refractivity contribution is -0.118. The number of carbonyl (C=O) groups excluding carboxylic acids is 2. The molecule has 0 fully saturated rings. The molecule has 2 amide bonds. The van der Waals surface area contributed by atoms with Gasteiger partial charge < -0.3 is 15.8 Å². The highest BCUT2D eigenvalue weighted by atomic mass is 16.6. The molecule has 114 valence electrons. The van der Waals surface area contributed by atoms with Gasteiger partial charge in [0, 0.05) is 19.0 Å². The molecule has 0 saturated carbocycles. The predicted molar refractivity (Wildman–Crippen MR) is 76.5 cm³/mol. The van der Waals surface area contributed by atoms with E-state index in [0.29, 0.717) is 25.5 Å². The molecule has 1 aliphatic heterocycles. The van der Waals surface area contributed by atoms with E-state index in [2.05, 4.69) is 10.3 Å². The van der Waals surface area contributed by atoms with Gasteiger partial charge in [0.25, 0.3) is 0 Å². The van der Waals surface area contributed by atoms with Crippen molar-refractivity contribution in [3.8, 4) is 0 Å². The van der Waals surface area contributed by atoms with Gasteiger partial charge in [-0.2, -0.15) is 0 Å². The minimum Gasteiger partial charge on any atom is -0.444 e. The zero-order valence-electron chi connectivity index (χ0n) is 12.6. The number of rotatable bonds is 3. The number of hydrogen-bond donors (Lipinski definition) is 2. The average molecular weight is 284 g/mol. The Kier molecular flexibility index (Phi) is 5.35. The van der Waals surface area contributed by atoms with Crippen molar-refractivity contribution < 1.29 is 14.3 Å². The van der Waals surface area contributed by atoms with Crippen LogP contribution in [-0.4, -0.2) is 54.0 Å². The summed E-state index contributed by atoms with van der Waals surface area (Å²) in [4.78, 5) is 28.7. The lowest BCUT2D eigenvalue weighted by atomic mass is 10.2. The Morgan fingerprint density at radius 1 is 1.50 bits per heavy atom. The van der Waals surface area contributed by atoms with Crippen molar-refractivity contribution in [1.29, 1.82) is 0 Å². The summed E-state index contributed by atoms with van der Waals surface area (Å²) in [5, 5.41) is 3.10. The summed E-state index contributed by atoms with van der Waals surface area (Å²) in [6.07, 6.45) is -0.125. The van der Waals surface area contributed by atoms with Crippen molar-refractivity contribution >= 4 is 17.8 Å². The van der Waals surface area contributed by atoms with E-state index >= 15 is 0 Å². The summed E-state index contributed by atoms with van der Waals surface area (Å²) in [7, 11) is 0. The number of ether oxygens (including phenoxy) is 1. The van der Waals surface area contributed by atoms with Crippen LogP contribution in [0.3, 0.4) is 0 Å². The molecule has 1 unspecified atom stereocenters. The summed E-state index contributed by atoms with van der Waals surface area (Å²) in [5.74, 6) is 0.307. The zero-order chi connectivity index (χ0) is 15.3. The number of amidine groups is 1. The molecule has 3 N–H and O–H groups in total. The first-order chi connectivity index (χ1) is 9.17. The van der Waals surface area contributed by atoms with Crippen molar-refractivity contribution in [3.63, 3.8) is 0 Å². The SMILES string of the molecule is CC(CC(N)=O)NC1=NCCN(C(=O)OC(C)(C)C)C1. The second-order valence-electron chi connectivity index (χ2n) is 5.95. The van der Waals surface area contributed by atoms with Gasteiger partial charge in [0.05, 0.1) is 13.1 Å². The molecule has 0 radical (unpaired) electrons. The molecule has 1 rings (SSSR count). The number of nitrogens with two attached hydrogens (primary N) is 1. The number of amides is 2. The highest BCUT2D eigenvalue weighted by Crippen LogP contribution is 2.11. The molecule has 1 heterocycles. The van der Waals surface area contributed by atoms with E-state index < -0.39 is 5.60 Å². The van der Waals surface area contributed by atoms with Crippen LogP contribution in [0.5, 0.6) is 0 Å². The number of hydrogen-bond acceptors (Lipinski definition) is 5. The Morgan fingerprint density at radius 3 is 2.70 bits per heavy atom. The highest BCUT2D eigenvalue weighted by Gasteiger charge is 2.25. The van der Waals surface area contributed by atoms with Crippen molar-refractivity contribution in [2.24, 2.45) is 10.7 Å². The van der Waals surface area contributed by atoms with Gasteiger partial charge in [0.1, 0.15) is 11.4 Å². The molecule has 1 atom stereocenters. The zero-order valence-corrected chi connectivity index (χ0v) is 12.6. The van der Waals surface area contributed by atoms with Crippen LogP contribution < -0.4 is 11.1 Å². The fourth-order valence-corrected chi connectivity index (χ4v) is 1.83. The second kappa shape index (κ2) is 6.58. The monoisotopic (exact) mass is 284 g/mol. The standard InChI is InChI=1S/C13H24N4O3/c1-9(7-10(14)18)16-11-8-17(6-5-15-11)12(19)20-13(2,3)4/h9H,5-8H2,1-4H3,(H2,14,18)(H,15,16). The van der Waals surface area contributed by atoms with Crippen LogP contribution in [-0.2, 0) is 9.53 Å². The molecular formula is C13H24N4O3. The van der Waals surface area contributed by atoms with E-state index in [9.17, 15) is 9.59 Å². The first-order valence-corrected chi connectivity index (χ1v) is 6.73.